The molecule has 0 aliphatic rings. The molecule has 0 fully saturated rings. The standard InChI is InChI=1S/C12H17FO/c1-9(3-4-10(2)14)11-5-7-12(13)8-6-11/h5-10,14H,3-4H2,1-2H3. The summed E-state index contributed by atoms with van der Waals surface area (Å²) in [5, 5.41) is 9.13. The summed E-state index contributed by atoms with van der Waals surface area (Å²) in [4.78, 5) is 0. The van der Waals surface area contributed by atoms with Crippen LogP contribution in [0.4, 0.5) is 4.39 Å². The first kappa shape index (κ1) is 11.2. The Kier molecular flexibility index (Phi) is 4.08. The molecule has 0 saturated heterocycles. The van der Waals surface area contributed by atoms with E-state index in [9.17, 15) is 4.39 Å². The van der Waals surface area contributed by atoms with Crippen molar-refractivity contribution in [3.63, 3.8) is 0 Å². The van der Waals surface area contributed by atoms with E-state index in [1.54, 1.807) is 6.92 Å². The molecule has 0 amide bonds. The van der Waals surface area contributed by atoms with Crippen LogP contribution in [0.2, 0.25) is 0 Å². The number of halogens is 1. The van der Waals surface area contributed by atoms with Crippen molar-refractivity contribution >= 4 is 0 Å². The van der Waals surface area contributed by atoms with E-state index in [0.717, 1.165) is 18.4 Å². The first-order chi connectivity index (χ1) is 6.59. The summed E-state index contributed by atoms with van der Waals surface area (Å²) in [6, 6.07) is 6.58. The highest BCUT2D eigenvalue weighted by molar-refractivity contribution is 5.19. The van der Waals surface area contributed by atoms with Gasteiger partial charge in [-0.3, -0.25) is 0 Å². The molecule has 78 valence electrons. The van der Waals surface area contributed by atoms with Crippen LogP contribution in [0, 0.1) is 5.82 Å². The quantitative estimate of drug-likeness (QED) is 0.784. The lowest BCUT2D eigenvalue weighted by molar-refractivity contribution is 0.179. The molecule has 0 spiro atoms. The predicted molar refractivity (Wildman–Crippen MR) is 55.7 cm³/mol. The number of benzene rings is 1. The van der Waals surface area contributed by atoms with Crippen molar-refractivity contribution in [1.82, 2.24) is 0 Å². The van der Waals surface area contributed by atoms with Gasteiger partial charge in [-0.15, -0.1) is 0 Å². The van der Waals surface area contributed by atoms with Crippen LogP contribution in [0.25, 0.3) is 0 Å². The molecule has 1 aromatic carbocycles. The Bertz CT molecular complexity index is 266. The smallest absolute Gasteiger partial charge is 0.123 e. The van der Waals surface area contributed by atoms with Gasteiger partial charge in [0.1, 0.15) is 5.82 Å². The third-order valence-corrected chi connectivity index (χ3v) is 2.46. The fraction of sp³-hybridized carbons (Fsp3) is 0.500. The molecule has 0 heterocycles. The highest BCUT2D eigenvalue weighted by Crippen LogP contribution is 2.21. The van der Waals surface area contributed by atoms with Crippen LogP contribution < -0.4 is 0 Å². The van der Waals surface area contributed by atoms with Gasteiger partial charge >= 0.3 is 0 Å². The van der Waals surface area contributed by atoms with E-state index in [1.807, 2.05) is 12.1 Å². The summed E-state index contributed by atoms with van der Waals surface area (Å²) in [5.74, 6) is 0.182. The van der Waals surface area contributed by atoms with Gasteiger partial charge < -0.3 is 5.11 Å². The van der Waals surface area contributed by atoms with E-state index >= 15 is 0 Å². The summed E-state index contributed by atoms with van der Waals surface area (Å²) in [6.45, 7) is 3.88. The van der Waals surface area contributed by atoms with E-state index in [2.05, 4.69) is 6.92 Å². The summed E-state index contributed by atoms with van der Waals surface area (Å²) < 4.78 is 12.6. The molecular formula is C12H17FO. The molecule has 1 nitrogen and oxygen atoms in total. The van der Waals surface area contributed by atoms with Crippen LogP contribution in [0.1, 0.15) is 38.2 Å². The molecule has 0 aliphatic carbocycles. The van der Waals surface area contributed by atoms with Crippen molar-refractivity contribution in [2.24, 2.45) is 0 Å². The van der Waals surface area contributed by atoms with Gasteiger partial charge in [0, 0.05) is 0 Å². The van der Waals surface area contributed by atoms with E-state index in [1.165, 1.54) is 12.1 Å². The van der Waals surface area contributed by atoms with E-state index in [-0.39, 0.29) is 11.9 Å². The minimum Gasteiger partial charge on any atom is -0.393 e. The lowest BCUT2D eigenvalue weighted by Crippen LogP contribution is -2.02. The Labute approximate surface area is 84.6 Å². The SMILES string of the molecule is CC(O)CCC(C)c1ccc(F)cc1. The second-order valence-corrected chi connectivity index (χ2v) is 3.88. The number of aliphatic hydroxyl groups excluding tert-OH is 1. The normalized spacial score (nSPS) is 15.1. The first-order valence-corrected chi connectivity index (χ1v) is 5.03. The Morgan fingerprint density at radius 3 is 2.21 bits per heavy atom. The Morgan fingerprint density at radius 1 is 1.14 bits per heavy atom. The molecule has 2 unspecified atom stereocenters. The van der Waals surface area contributed by atoms with Crippen molar-refractivity contribution in [2.45, 2.75) is 38.7 Å². The lowest BCUT2D eigenvalue weighted by Gasteiger charge is -2.12. The summed E-state index contributed by atoms with van der Waals surface area (Å²) >= 11 is 0. The number of hydrogen-bond donors (Lipinski definition) is 1. The second-order valence-electron chi connectivity index (χ2n) is 3.88. The number of hydrogen-bond acceptors (Lipinski definition) is 1. The minimum absolute atomic E-state index is 0.198. The van der Waals surface area contributed by atoms with Crippen LogP contribution in [0.5, 0.6) is 0 Å². The minimum atomic E-state index is -0.252. The molecule has 1 aromatic rings. The van der Waals surface area contributed by atoms with Gasteiger partial charge in [0.05, 0.1) is 6.10 Å². The first-order valence-electron chi connectivity index (χ1n) is 5.03. The molecule has 0 aromatic heterocycles. The molecule has 0 aliphatic heterocycles. The third-order valence-electron chi connectivity index (χ3n) is 2.46. The zero-order valence-corrected chi connectivity index (χ0v) is 8.70. The fourth-order valence-electron chi connectivity index (χ4n) is 1.45. The zero-order chi connectivity index (χ0) is 10.6. The Balaban J connectivity index is 2.52. The van der Waals surface area contributed by atoms with Gasteiger partial charge in [0.15, 0.2) is 0 Å². The monoisotopic (exact) mass is 196 g/mol. The van der Waals surface area contributed by atoms with Gasteiger partial charge in [-0.2, -0.15) is 0 Å². The number of aliphatic hydroxyl groups is 1. The summed E-state index contributed by atoms with van der Waals surface area (Å²) in [6.07, 6.45) is 1.47. The highest BCUT2D eigenvalue weighted by atomic mass is 19.1. The van der Waals surface area contributed by atoms with Gasteiger partial charge in [0.25, 0.3) is 0 Å². The van der Waals surface area contributed by atoms with Crippen LogP contribution >= 0.6 is 0 Å². The maximum Gasteiger partial charge on any atom is 0.123 e. The second kappa shape index (κ2) is 5.11. The van der Waals surface area contributed by atoms with Gasteiger partial charge in [-0.1, -0.05) is 19.1 Å². The zero-order valence-electron chi connectivity index (χ0n) is 8.70. The Morgan fingerprint density at radius 2 is 1.71 bits per heavy atom. The van der Waals surface area contributed by atoms with Gasteiger partial charge in [-0.05, 0) is 43.4 Å². The summed E-state index contributed by atoms with van der Waals surface area (Å²) in [5.41, 5.74) is 1.13. The largest absolute Gasteiger partial charge is 0.393 e. The van der Waals surface area contributed by atoms with Crippen molar-refractivity contribution in [1.29, 1.82) is 0 Å². The molecule has 2 atom stereocenters. The van der Waals surface area contributed by atoms with Crippen LogP contribution in [-0.2, 0) is 0 Å². The molecule has 2 heteroatoms. The van der Waals surface area contributed by atoms with E-state index in [4.69, 9.17) is 5.11 Å². The number of rotatable bonds is 4. The van der Waals surface area contributed by atoms with Crippen molar-refractivity contribution in [2.75, 3.05) is 0 Å². The third kappa shape index (κ3) is 3.46. The molecule has 1 rings (SSSR count). The van der Waals surface area contributed by atoms with Crippen LogP contribution in [-0.4, -0.2) is 11.2 Å². The fourth-order valence-corrected chi connectivity index (χ4v) is 1.45. The van der Waals surface area contributed by atoms with E-state index < -0.39 is 0 Å². The topological polar surface area (TPSA) is 20.2 Å². The van der Waals surface area contributed by atoms with Crippen molar-refractivity contribution in [3.05, 3.63) is 35.6 Å². The van der Waals surface area contributed by atoms with Crippen molar-refractivity contribution < 1.29 is 9.50 Å². The molecule has 14 heavy (non-hydrogen) atoms. The molecule has 0 bridgehead atoms. The predicted octanol–water partition coefficient (Wildman–Crippen LogP) is 3.09. The molecule has 1 N–H and O–H groups in total. The average molecular weight is 196 g/mol. The maximum atomic E-state index is 12.6. The highest BCUT2D eigenvalue weighted by Gasteiger charge is 2.06. The molecular weight excluding hydrogens is 179 g/mol. The maximum absolute atomic E-state index is 12.6. The van der Waals surface area contributed by atoms with Crippen molar-refractivity contribution in [3.8, 4) is 0 Å². The van der Waals surface area contributed by atoms with Gasteiger partial charge in [-0.25, -0.2) is 4.39 Å². The van der Waals surface area contributed by atoms with Crippen LogP contribution in [0.15, 0.2) is 24.3 Å². The van der Waals surface area contributed by atoms with Gasteiger partial charge in [0.2, 0.25) is 0 Å². The molecule has 0 saturated carbocycles. The Hall–Kier alpha value is -0.890. The molecule has 0 radical (unpaired) electrons. The lowest BCUT2D eigenvalue weighted by atomic mass is 9.95. The average Bonchev–Trinajstić information content (AvgIpc) is 2.15. The van der Waals surface area contributed by atoms with Crippen LogP contribution in [0.3, 0.4) is 0 Å². The van der Waals surface area contributed by atoms with E-state index in [0.29, 0.717) is 5.92 Å². The summed E-state index contributed by atoms with van der Waals surface area (Å²) in [7, 11) is 0.